The van der Waals surface area contributed by atoms with Crippen LogP contribution in [0, 0.1) is 0 Å². The normalized spacial score (nSPS) is 13.2. The quantitative estimate of drug-likeness (QED) is 0.0279. The molecule has 344 valence electrons. The van der Waals surface area contributed by atoms with Crippen molar-refractivity contribution in [3.8, 4) is 0 Å². The molecule has 2 atom stereocenters. The molecule has 0 rings (SSSR count). The predicted molar refractivity (Wildman–Crippen MR) is 244 cm³/mol. The highest BCUT2D eigenvalue weighted by Gasteiger charge is 2.25. The van der Waals surface area contributed by atoms with Gasteiger partial charge in [-0.2, -0.15) is 0 Å². The van der Waals surface area contributed by atoms with Crippen LogP contribution in [0.25, 0.3) is 0 Å². The van der Waals surface area contributed by atoms with Crippen LogP contribution < -0.4 is 0 Å². The lowest BCUT2D eigenvalue weighted by Crippen LogP contribution is -2.29. The van der Waals surface area contributed by atoms with E-state index >= 15 is 0 Å². The van der Waals surface area contributed by atoms with Crippen molar-refractivity contribution in [1.29, 1.82) is 0 Å². The van der Waals surface area contributed by atoms with Crippen molar-refractivity contribution in [1.82, 2.24) is 0 Å². The first-order valence-electron chi connectivity index (χ1n) is 25.0. The van der Waals surface area contributed by atoms with E-state index < -0.39 is 26.5 Å². The van der Waals surface area contributed by atoms with Crippen molar-refractivity contribution in [3.63, 3.8) is 0 Å². The summed E-state index contributed by atoms with van der Waals surface area (Å²) in [7, 11) is -4.28. The number of allylic oxidation sites excluding steroid dienone is 2. The summed E-state index contributed by atoms with van der Waals surface area (Å²) >= 11 is 0. The minimum atomic E-state index is -4.28. The van der Waals surface area contributed by atoms with Crippen LogP contribution in [-0.4, -0.2) is 42.8 Å². The third-order valence-electron chi connectivity index (χ3n) is 11.1. The molecule has 0 aromatic heterocycles. The lowest BCUT2D eigenvalue weighted by molar-refractivity contribution is -0.161. The second-order valence-electron chi connectivity index (χ2n) is 16.8. The highest BCUT2D eigenvalue weighted by Crippen LogP contribution is 2.43. The van der Waals surface area contributed by atoms with Crippen LogP contribution >= 0.6 is 7.82 Å². The summed E-state index contributed by atoms with van der Waals surface area (Å²) < 4.78 is 32.7. The minimum absolute atomic E-state index is 0.00225. The van der Waals surface area contributed by atoms with Crippen molar-refractivity contribution < 1.29 is 37.6 Å². The molecule has 0 spiro atoms. The van der Waals surface area contributed by atoms with Crippen molar-refractivity contribution in [3.05, 3.63) is 12.2 Å². The Hall–Kier alpha value is -1.21. The first kappa shape index (κ1) is 56.8. The van der Waals surface area contributed by atoms with Gasteiger partial charge in [0.15, 0.2) is 6.10 Å². The van der Waals surface area contributed by atoms with E-state index in [0.717, 1.165) is 51.4 Å². The van der Waals surface area contributed by atoms with Gasteiger partial charge in [0.1, 0.15) is 6.61 Å². The van der Waals surface area contributed by atoms with Gasteiger partial charge in [-0.15, -0.1) is 0 Å². The number of hydrogen-bond donors (Lipinski definition) is 1. The maximum atomic E-state index is 12.6. The largest absolute Gasteiger partial charge is 0.472 e. The summed E-state index contributed by atoms with van der Waals surface area (Å²) in [6.45, 7) is 5.51. The van der Waals surface area contributed by atoms with Gasteiger partial charge in [0.2, 0.25) is 0 Å². The van der Waals surface area contributed by atoms with E-state index in [2.05, 4.69) is 26.0 Å². The SMILES string of the molecule is CCCCCCCC/C=C\CCCCCCCC(=O)OC(COC(=O)CCCCCCCCCCCCCCCCCCCCCCCCC)COP(=O)(O)OCC. The van der Waals surface area contributed by atoms with E-state index in [0.29, 0.717) is 12.8 Å². The average molecular weight is 843 g/mol. The molecule has 2 unspecified atom stereocenters. The number of ether oxygens (including phenoxy) is 2. The van der Waals surface area contributed by atoms with Gasteiger partial charge in [-0.1, -0.05) is 219 Å². The molecule has 0 aromatic carbocycles. The molecule has 1 N–H and O–H groups in total. The van der Waals surface area contributed by atoms with E-state index in [-0.39, 0.29) is 25.6 Å². The summed E-state index contributed by atoms with van der Waals surface area (Å²) in [6, 6.07) is 0. The number of carbonyl (C=O) groups excluding carboxylic acids is 2. The fraction of sp³-hybridized carbons (Fsp3) is 0.918. The van der Waals surface area contributed by atoms with Gasteiger partial charge in [-0.25, -0.2) is 4.57 Å². The number of phosphoric acid groups is 1. The maximum absolute atomic E-state index is 12.6. The number of carbonyl (C=O) groups is 2. The smallest absolute Gasteiger partial charge is 0.462 e. The Balaban J connectivity index is 3.92. The van der Waals surface area contributed by atoms with Crippen LogP contribution in [0.4, 0.5) is 0 Å². The topological polar surface area (TPSA) is 108 Å². The number of unbranched alkanes of at least 4 members (excludes halogenated alkanes) is 33. The molecule has 0 saturated carbocycles. The van der Waals surface area contributed by atoms with Crippen molar-refractivity contribution in [2.75, 3.05) is 19.8 Å². The van der Waals surface area contributed by atoms with E-state index in [1.54, 1.807) is 6.92 Å². The Bertz CT molecular complexity index is 957. The summed E-state index contributed by atoms with van der Waals surface area (Å²) in [4.78, 5) is 34.9. The molecule has 9 heteroatoms. The fourth-order valence-electron chi connectivity index (χ4n) is 7.39. The van der Waals surface area contributed by atoms with Crippen LogP contribution in [0.1, 0.15) is 265 Å². The van der Waals surface area contributed by atoms with Crippen LogP contribution in [0.5, 0.6) is 0 Å². The molecular weight excluding hydrogens is 748 g/mol. The molecule has 0 radical (unpaired) electrons. The lowest BCUT2D eigenvalue weighted by Gasteiger charge is -2.19. The zero-order valence-corrected chi connectivity index (χ0v) is 39.4. The van der Waals surface area contributed by atoms with Gasteiger partial charge >= 0.3 is 19.8 Å². The molecule has 0 amide bonds. The fourth-order valence-corrected chi connectivity index (χ4v) is 8.15. The Morgan fingerprint density at radius 1 is 0.448 bits per heavy atom. The standard InChI is InChI=1S/C49H95O8P/c1-4-7-9-11-13-15-17-19-21-22-23-24-25-26-27-28-30-31-33-35-37-39-41-43-48(50)54-45-47(46-56-58(52,53)55-6-3)57-49(51)44-42-40-38-36-34-32-29-20-18-16-14-12-10-8-5-2/h20,29,47H,4-19,21-28,30-46H2,1-3H3,(H,52,53)/b29-20-. The Morgan fingerprint density at radius 3 is 1.14 bits per heavy atom. The molecule has 0 aliphatic heterocycles. The molecule has 0 aliphatic rings. The second-order valence-corrected chi connectivity index (χ2v) is 18.3. The third kappa shape index (κ3) is 44.3. The van der Waals surface area contributed by atoms with Gasteiger partial charge in [0.25, 0.3) is 0 Å². The number of hydrogen-bond acceptors (Lipinski definition) is 7. The molecule has 0 aliphatic carbocycles. The van der Waals surface area contributed by atoms with Crippen LogP contribution in [0.3, 0.4) is 0 Å². The molecule has 0 fully saturated rings. The zero-order valence-electron chi connectivity index (χ0n) is 38.5. The van der Waals surface area contributed by atoms with Crippen molar-refractivity contribution in [2.24, 2.45) is 0 Å². The summed E-state index contributed by atoms with van der Waals surface area (Å²) in [5, 5.41) is 0. The Labute approximate surface area is 359 Å². The van der Waals surface area contributed by atoms with E-state index in [1.807, 2.05) is 0 Å². The summed E-state index contributed by atoms with van der Waals surface area (Å²) in [5.74, 6) is -0.792. The number of phosphoric ester groups is 1. The predicted octanol–water partition coefficient (Wildman–Crippen LogP) is 16.0. The van der Waals surface area contributed by atoms with Crippen LogP contribution in [0.2, 0.25) is 0 Å². The summed E-state index contributed by atoms with van der Waals surface area (Å²) in [5.41, 5.74) is 0. The molecule has 0 bridgehead atoms. The van der Waals surface area contributed by atoms with Crippen LogP contribution in [0.15, 0.2) is 12.2 Å². The lowest BCUT2D eigenvalue weighted by atomic mass is 10.0. The highest BCUT2D eigenvalue weighted by atomic mass is 31.2. The number of esters is 2. The maximum Gasteiger partial charge on any atom is 0.472 e. The van der Waals surface area contributed by atoms with Crippen molar-refractivity contribution in [2.45, 2.75) is 271 Å². The van der Waals surface area contributed by atoms with E-state index in [9.17, 15) is 19.0 Å². The zero-order chi connectivity index (χ0) is 42.5. The molecule has 0 aromatic rings. The average Bonchev–Trinajstić information content (AvgIpc) is 3.20. The minimum Gasteiger partial charge on any atom is -0.462 e. The van der Waals surface area contributed by atoms with Gasteiger partial charge < -0.3 is 14.4 Å². The molecule has 8 nitrogen and oxygen atoms in total. The van der Waals surface area contributed by atoms with Gasteiger partial charge in [0.05, 0.1) is 13.2 Å². The summed E-state index contributed by atoms with van der Waals surface area (Å²) in [6.07, 6.45) is 49.9. The van der Waals surface area contributed by atoms with Crippen molar-refractivity contribution >= 4 is 19.8 Å². The monoisotopic (exact) mass is 843 g/mol. The molecule has 58 heavy (non-hydrogen) atoms. The Kier molecular flexibility index (Phi) is 44.4. The van der Waals surface area contributed by atoms with E-state index in [4.69, 9.17) is 18.5 Å². The second kappa shape index (κ2) is 45.3. The van der Waals surface area contributed by atoms with Gasteiger partial charge in [-0.05, 0) is 45.4 Å². The third-order valence-corrected chi connectivity index (χ3v) is 12.1. The highest BCUT2D eigenvalue weighted by molar-refractivity contribution is 7.47. The van der Waals surface area contributed by atoms with Crippen LogP contribution in [-0.2, 0) is 32.7 Å². The molecule has 0 saturated heterocycles. The van der Waals surface area contributed by atoms with Gasteiger partial charge in [0, 0.05) is 12.8 Å². The molecule has 0 heterocycles. The molecular formula is C49H95O8P. The Morgan fingerprint density at radius 2 is 0.776 bits per heavy atom. The first-order chi connectivity index (χ1) is 28.3. The first-order valence-corrected chi connectivity index (χ1v) is 26.5. The van der Waals surface area contributed by atoms with Gasteiger partial charge in [-0.3, -0.25) is 18.6 Å². The number of rotatable bonds is 47. The van der Waals surface area contributed by atoms with E-state index in [1.165, 1.54) is 173 Å².